The van der Waals surface area contributed by atoms with Crippen LogP contribution >= 0.6 is 0 Å². The maximum absolute atomic E-state index is 12.9. The summed E-state index contributed by atoms with van der Waals surface area (Å²) in [6.45, 7) is 0. The van der Waals surface area contributed by atoms with Crippen LogP contribution in [0.1, 0.15) is 24.0 Å². The van der Waals surface area contributed by atoms with E-state index in [-0.39, 0.29) is 23.4 Å². The summed E-state index contributed by atoms with van der Waals surface area (Å²) in [5, 5.41) is 4.75. The average Bonchev–Trinajstić information content (AvgIpc) is 2.77. The van der Waals surface area contributed by atoms with E-state index in [0.29, 0.717) is 25.7 Å². The first kappa shape index (κ1) is 18.7. The minimum absolute atomic E-state index is 0.188. The Balaban J connectivity index is 1.28. The van der Waals surface area contributed by atoms with Gasteiger partial charge in [-0.05, 0) is 45.5 Å². The van der Waals surface area contributed by atoms with E-state index in [0.717, 1.165) is 11.1 Å². The predicted octanol–water partition coefficient (Wildman–Crippen LogP) is 5.94. The lowest BCUT2D eigenvalue weighted by atomic mass is 9.75. The molecule has 0 spiro atoms. The summed E-state index contributed by atoms with van der Waals surface area (Å²) in [5.74, 6) is 0.0835. The number of hydrogen-bond donors (Lipinski definition) is 0. The molecule has 0 N–H and O–H groups in total. The molecule has 0 aromatic heterocycles. The van der Waals surface area contributed by atoms with Gasteiger partial charge in [0.2, 0.25) is 0 Å². The van der Waals surface area contributed by atoms with Crippen molar-refractivity contribution in [2.45, 2.75) is 25.7 Å². The highest BCUT2D eigenvalue weighted by atomic mass is 16.1. The van der Waals surface area contributed by atoms with Gasteiger partial charge < -0.3 is 0 Å². The first-order valence-electron chi connectivity index (χ1n) is 10.7. The van der Waals surface area contributed by atoms with Crippen molar-refractivity contribution in [2.24, 2.45) is 11.8 Å². The molecule has 4 aromatic carbocycles. The third-order valence-corrected chi connectivity index (χ3v) is 6.40. The lowest BCUT2D eigenvalue weighted by Crippen LogP contribution is -2.34. The molecule has 2 atom stereocenters. The molecule has 1 saturated carbocycles. The lowest BCUT2D eigenvalue weighted by molar-refractivity contribution is -0.136. The number of fused-ring (bicyclic) bond motifs is 2. The van der Waals surface area contributed by atoms with Gasteiger partial charge in [0.25, 0.3) is 0 Å². The molecule has 1 aliphatic carbocycles. The Bertz CT molecular complexity index is 1150. The van der Waals surface area contributed by atoms with Gasteiger partial charge in [-0.25, -0.2) is 0 Å². The van der Waals surface area contributed by atoms with Crippen LogP contribution in [-0.4, -0.2) is 11.6 Å². The molecular weight excluding hydrogens is 368 g/mol. The van der Waals surface area contributed by atoms with E-state index in [1.54, 1.807) is 0 Å². The van der Waals surface area contributed by atoms with Crippen molar-refractivity contribution in [1.29, 1.82) is 0 Å². The van der Waals surface area contributed by atoms with Crippen molar-refractivity contribution >= 4 is 33.1 Å². The lowest BCUT2D eigenvalue weighted by Gasteiger charge is -2.26. The number of carbonyl (C=O) groups excluding carboxylic acids is 2. The van der Waals surface area contributed by atoms with Crippen LogP contribution in [0.5, 0.6) is 0 Å². The summed E-state index contributed by atoms with van der Waals surface area (Å²) in [6, 6.07) is 29.1. The summed E-state index contributed by atoms with van der Waals surface area (Å²) in [6.07, 6.45) is 2.03. The summed E-state index contributed by atoms with van der Waals surface area (Å²) in [4.78, 5) is 25.7. The highest BCUT2D eigenvalue weighted by Crippen LogP contribution is 2.30. The summed E-state index contributed by atoms with van der Waals surface area (Å²) in [7, 11) is 0. The van der Waals surface area contributed by atoms with Gasteiger partial charge in [0.05, 0.1) is 0 Å². The fraction of sp³-hybridized carbons (Fsp3) is 0.214. The van der Waals surface area contributed by atoms with Crippen LogP contribution in [0.2, 0.25) is 0 Å². The van der Waals surface area contributed by atoms with E-state index in [4.69, 9.17) is 0 Å². The van der Waals surface area contributed by atoms with Crippen molar-refractivity contribution in [3.8, 4) is 0 Å². The van der Waals surface area contributed by atoms with Crippen LogP contribution in [-0.2, 0) is 22.4 Å². The molecule has 0 unspecified atom stereocenters. The molecule has 0 bridgehead atoms. The standard InChI is InChI=1S/C28H24O2/c29-27-18-26(16-20-10-12-22-6-2-4-8-24(22)14-20)28(30)17-25(27)15-19-9-11-21-5-1-3-7-23(21)13-19/h1-14,25-26H,15-18H2/t25-,26+. The number of benzene rings is 4. The Morgan fingerprint density at radius 1 is 0.533 bits per heavy atom. The molecule has 1 fully saturated rings. The smallest absolute Gasteiger partial charge is 0.137 e. The molecule has 30 heavy (non-hydrogen) atoms. The van der Waals surface area contributed by atoms with E-state index in [1.165, 1.54) is 21.5 Å². The van der Waals surface area contributed by atoms with Crippen molar-refractivity contribution < 1.29 is 9.59 Å². The Hall–Kier alpha value is -3.26. The normalized spacial score (nSPS) is 19.5. The summed E-state index contributed by atoms with van der Waals surface area (Å²) in [5.41, 5.74) is 2.26. The molecular formula is C28H24O2. The minimum Gasteiger partial charge on any atom is -0.299 e. The number of ketones is 2. The van der Waals surface area contributed by atoms with E-state index < -0.39 is 0 Å². The molecule has 0 heterocycles. The molecule has 0 amide bonds. The van der Waals surface area contributed by atoms with Gasteiger partial charge >= 0.3 is 0 Å². The monoisotopic (exact) mass is 392 g/mol. The second-order valence-corrected chi connectivity index (χ2v) is 8.51. The largest absolute Gasteiger partial charge is 0.299 e. The van der Waals surface area contributed by atoms with Gasteiger partial charge in [-0.1, -0.05) is 84.9 Å². The Morgan fingerprint density at radius 2 is 0.933 bits per heavy atom. The molecule has 2 nitrogen and oxygen atoms in total. The second kappa shape index (κ2) is 7.87. The Morgan fingerprint density at radius 3 is 1.37 bits per heavy atom. The van der Waals surface area contributed by atoms with Crippen LogP contribution in [0.3, 0.4) is 0 Å². The third kappa shape index (κ3) is 3.78. The first-order valence-corrected chi connectivity index (χ1v) is 10.7. The minimum atomic E-state index is -0.188. The molecule has 0 radical (unpaired) electrons. The fourth-order valence-corrected chi connectivity index (χ4v) is 4.72. The van der Waals surface area contributed by atoms with Crippen molar-refractivity contribution in [3.05, 3.63) is 96.1 Å². The molecule has 4 aromatic rings. The van der Waals surface area contributed by atoms with Crippen molar-refractivity contribution in [3.63, 3.8) is 0 Å². The predicted molar refractivity (Wildman–Crippen MR) is 122 cm³/mol. The van der Waals surface area contributed by atoms with Crippen molar-refractivity contribution in [1.82, 2.24) is 0 Å². The summed E-state index contributed by atoms with van der Waals surface area (Å²) < 4.78 is 0. The van der Waals surface area contributed by atoms with E-state index in [9.17, 15) is 9.59 Å². The number of Topliss-reactive ketones (excluding diaryl/α,β-unsaturated/α-hetero) is 2. The van der Waals surface area contributed by atoms with Crippen LogP contribution < -0.4 is 0 Å². The van der Waals surface area contributed by atoms with Gasteiger partial charge in [-0.3, -0.25) is 9.59 Å². The van der Waals surface area contributed by atoms with Gasteiger partial charge in [0, 0.05) is 24.7 Å². The SMILES string of the molecule is O=C1C[C@@H](Cc2ccc3ccccc3c2)C(=O)C[C@@H]1Cc1ccc2ccccc2c1. The van der Waals surface area contributed by atoms with Crippen LogP contribution in [0.4, 0.5) is 0 Å². The number of carbonyl (C=O) groups is 2. The van der Waals surface area contributed by atoms with Gasteiger partial charge in [0.15, 0.2) is 0 Å². The Kier molecular flexibility index (Phi) is 4.92. The number of hydrogen-bond acceptors (Lipinski definition) is 2. The first-order chi connectivity index (χ1) is 14.7. The van der Waals surface area contributed by atoms with Crippen molar-refractivity contribution in [2.75, 3.05) is 0 Å². The molecule has 2 heteroatoms. The zero-order valence-corrected chi connectivity index (χ0v) is 16.9. The van der Waals surface area contributed by atoms with E-state index in [2.05, 4.69) is 60.7 Å². The molecule has 0 aliphatic heterocycles. The van der Waals surface area contributed by atoms with Crippen LogP contribution in [0, 0.1) is 11.8 Å². The zero-order valence-electron chi connectivity index (χ0n) is 16.9. The topological polar surface area (TPSA) is 34.1 Å². The molecule has 5 rings (SSSR count). The van der Waals surface area contributed by atoms with Crippen LogP contribution in [0.15, 0.2) is 84.9 Å². The highest BCUT2D eigenvalue weighted by Gasteiger charge is 2.34. The summed E-state index contributed by atoms with van der Waals surface area (Å²) >= 11 is 0. The fourth-order valence-electron chi connectivity index (χ4n) is 4.72. The number of rotatable bonds is 4. The maximum Gasteiger partial charge on any atom is 0.137 e. The third-order valence-electron chi connectivity index (χ3n) is 6.40. The molecule has 0 saturated heterocycles. The van der Waals surface area contributed by atoms with Crippen LogP contribution in [0.25, 0.3) is 21.5 Å². The van der Waals surface area contributed by atoms with Gasteiger partial charge in [-0.15, -0.1) is 0 Å². The molecule has 148 valence electrons. The maximum atomic E-state index is 12.9. The highest BCUT2D eigenvalue weighted by molar-refractivity contribution is 5.96. The second-order valence-electron chi connectivity index (χ2n) is 8.51. The van der Waals surface area contributed by atoms with E-state index >= 15 is 0 Å². The van der Waals surface area contributed by atoms with Gasteiger partial charge in [0.1, 0.15) is 11.6 Å². The van der Waals surface area contributed by atoms with Gasteiger partial charge in [-0.2, -0.15) is 0 Å². The zero-order chi connectivity index (χ0) is 20.5. The molecule has 1 aliphatic rings. The average molecular weight is 392 g/mol. The quantitative estimate of drug-likeness (QED) is 0.430. The van der Waals surface area contributed by atoms with E-state index in [1.807, 2.05) is 24.3 Å². The Labute approximate surface area is 176 Å².